The number of halogens is 4. The number of carbonyl (C=O) groups excluding carboxylic acids is 1. The van der Waals surface area contributed by atoms with Crippen LogP contribution in [-0.2, 0) is 11.2 Å². The van der Waals surface area contributed by atoms with E-state index < -0.39 is 23.6 Å². The molecule has 1 aromatic heterocycles. The zero-order chi connectivity index (χ0) is 22.4. The number of benzene rings is 2. The third-order valence-corrected chi connectivity index (χ3v) is 4.73. The molecule has 0 spiro atoms. The Kier molecular flexibility index (Phi) is 7.78. The van der Waals surface area contributed by atoms with Crippen molar-refractivity contribution in [1.29, 1.82) is 0 Å². The molecule has 0 unspecified atom stereocenters. The first-order chi connectivity index (χ1) is 14.8. The number of aryl methyl sites for hydroxylation is 1. The second kappa shape index (κ2) is 10.5. The Bertz CT molecular complexity index is 1060. The van der Waals surface area contributed by atoms with Crippen LogP contribution >= 0.6 is 23.2 Å². The Balaban J connectivity index is 1.40. The number of rotatable bonds is 9. The quantitative estimate of drug-likeness (QED) is 0.492. The molecule has 0 radical (unpaired) electrons. The summed E-state index contributed by atoms with van der Waals surface area (Å²) in [6.45, 7) is -0.376. The number of ether oxygens (including phenoxy) is 1. The number of nitrogens with zero attached hydrogens (tertiary/aromatic N) is 2. The van der Waals surface area contributed by atoms with Crippen LogP contribution < -0.4 is 10.1 Å². The van der Waals surface area contributed by atoms with Crippen molar-refractivity contribution in [2.45, 2.75) is 18.9 Å². The van der Waals surface area contributed by atoms with Crippen molar-refractivity contribution < 1.29 is 27.8 Å². The second-order valence-corrected chi connectivity index (χ2v) is 7.31. The minimum atomic E-state index is -0.875. The summed E-state index contributed by atoms with van der Waals surface area (Å²) in [7, 11) is 0. The summed E-state index contributed by atoms with van der Waals surface area (Å²) in [4.78, 5) is 11.8. The van der Waals surface area contributed by atoms with Crippen molar-refractivity contribution in [2.24, 2.45) is 0 Å². The maximum absolute atomic E-state index is 13.5. The molecule has 0 saturated carbocycles. The van der Waals surface area contributed by atoms with Gasteiger partial charge < -0.3 is 19.6 Å². The van der Waals surface area contributed by atoms with Crippen LogP contribution in [0.5, 0.6) is 5.75 Å². The lowest BCUT2D eigenvalue weighted by Crippen LogP contribution is -2.35. The summed E-state index contributed by atoms with van der Waals surface area (Å²) in [6, 6.07) is 7.94. The molecule has 3 aromatic rings. The van der Waals surface area contributed by atoms with Crippen LogP contribution in [0.3, 0.4) is 0 Å². The van der Waals surface area contributed by atoms with Gasteiger partial charge in [-0.25, -0.2) is 8.78 Å². The van der Waals surface area contributed by atoms with Crippen LogP contribution in [0, 0.1) is 11.6 Å². The highest BCUT2D eigenvalue weighted by Gasteiger charge is 2.14. The van der Waals surface area contributed by atoms with E-state index in [1.54, 1.807) is 6.07 Å². The number of hydrogen-bond acceptors (Lipinski definition) is 6. The van der Waals surface area contributed by atoms with Crippen molar-refractivity contribution in [3.63, 3.8) is 0 Å². The number of aromatic nitrogens is 2. The van der Waals surface area contributed by atoms with Crippen LogP contribution in [0.4, 0.5) is 8.78 Å². The standard InChI is InChI=1S/C20H17Cl2F2N3O4/c21-14-4-1-11(7-16(14)23)20-27-26-19(31-20)6-2-12(28)9-25-18(29)10-30-13-3-5-15(22)17(24)8-13/h1,3-5,7-8,12,28H,2,6,9-10H2,(H,25,29)/t12-/m1/s1. The summed E-state index contributed by atoms with van der Waals surface area (Å²) in [5, 5.41) is 20.2. The highest BCUT2D eigenvalue weighted by molar-refractivity contribution is 6.31. The molecule has 2 N–H and O–H groups in total. The summed E-state index contributed by atoms with van der Waals surface area (Å²) in [6.07, 6.45) is -0.388. The van der Waals surface area contributed by atoms with E-state index in [1.165, 1.54) is 24.3 Å². The third-order valence-electron chi connectivity index (χ3n) is 4.12. The Morgan fingerprint density at radius 1 is 1.13 bits per heavy atom. The molecule has 31 heavy (non-hydrogen) atoms. The van der Waals surface area contributed by atoms with Gasteiger partial charge in [0.05, 0.1) is 16.1 Å². The molecule has 0 bridgehead atoms. The molecule has 1 atom stereocenters. The molecule has 0 aliphatic rings. The molecular formula is C20H17Cl2F2N3O4. The predicted molar refractivity (Wildman–Crippen MR) is 109 cm³/mol. The number of nitrogens with one attached hydrogen (secondary N) is 1. The van der Waals surface area contributed by atoms with Gasteiger partial charge >= 0.3 is 0 Å². The maximum atomic E-state index is 13.5. The van der Waals surface area contributed by atoms with E-state index in [1.807, 2.05) is 0 Å². The first kappa shape index (κ1) is 22.9. The van der Waals surface area contributed by atoms with Gasteiger partial charge in [-0.1, -0.05) is 23.2 Å². The van der Waals surface area contributed by atoms with Gasteiger partial charge in [0.15, 0.2) is 6.61 Å². The fourth-order valence-electron chi connectivity index (χ4n) is 2.49. The zero-order valence-electron chi connectivity index (χ0n) is 15.9. The van der Waals surface area contributed by atoms with Gasteiger partial charge in [0.1, 0.15) is 17.4 Å². The summed E-state index contributed by atoms with van der Waals surface area (Å²) >= 11 is 11.2. The smallest absolute Gasteiger partial charge is 0.258 e. The number of aliphatic hydroxyl groups is 1. The summed E-state index contributed by atoms with van der Waals surface area (Å²) in [5.74, 6) is -1.20. The highest BCUT2D eigenvalue weighted by Crippen LogP contribution is 2.23. The van der Waals surface area contributed by atoms with Crippen LogP contribution in [0.1, 0.15) is 12.3 Å². The monoisotopic (exact) mass is 471 g/mol. The third kappa shape index (κ3) is 6.61. The first-order valence-electron chi connectivity index (χ1n) is 9.12. The summed E-state index contributed by atoms with van der Waals surface area (Å²) < 4.78 is 37.5. The van der Waals surface area contributed by atoms with Gasteiger partial charge in [0.2, 0.25) is 11.8 Å². The Morgan fingerprint density at radius 2 is 1.84 bits per heavy atom. The Labute approximate surface area is 185 Å². The van der Waals surface area contributed by atoms with E-state index in [4.69, 9.17) is 32.4 Å². The molecular weight excluding hydrogens is 455 g/mol. The molecule has 164 valence electrons. The second-order valence-electron chi connectivity index (χ2n) is 6.49. The molecule has 1 amide bonds. The number of carbonyl (C=O) groups is 1. The lowest BCUT2D eigenvalue weighted by molar-refractivity contribution is -0.123. The number of amides is 1. The predicted octanol–water partition coefficient (Wildman–Crippen LogP) is 3.81. The average molecular weight is 472 g/mol. The fraction of sp³-hybridized carbons (Fsp3) is 0.250. The van der Waals surface area contributed by atoms with Gasteiger partial charge in [-0.2, -0.15) is 0 Å². The Hall–Kier alpha value is -2.75. The van der Waals surface area contributed by atoms with E-state index in [-0.39, 0.29) is 53.6 Å². The molecule has 0 fully saturated rings. The van der Waals surface area contributed by atoms with E-state index in [2.05, 4.69) is 15.5 Å². The lowest BCUT2D eigenvalue weighted by Gasteiger charge is -2.11. The molecule has 1 heterocycles. The van der Waals surface area contributed by atoms with Crippen LogP contribution in [-0.4, -0.2) is 40.5 Å². The molecule has 2 aromatic carbocycles. The van der Waals surface area contributed by atoms with Crippen molar-refractivity contribution in [2.75, 3.05) is 13.2 Å². The van der Waals surface area contributed by atoms with Crippen molar-refractivity contribution in [1.82, 2.24) is 15.5 Å². The largest absolute Gasteiger partial charge is 0.484 e. The maximum Gasteiger partial charge on any atom is 0.258 e. The van der Waals surface area contributed by atoms with Gasteiger partial charge in [-0.3, -0.25) is 4.79 Å². The van der Waals surface area contributed by atoms with Crippen LogP contribution in [0.25, 0.3) is 11.5 Å². The topological polar surface area (TPSA) is 97.5 Å². The number of aliphatic hydroxyl groups excluding tert-OH is 1. The Morgan fingerprint density at radius 3 is 2.55 bits per heavy atom. The minimum absolute atomic E-state index is 0.0145. The zero-order valence-corrected chi connectivity index (χ0v) is 17.5. The van der Waals surface area contributed by atoms with Gasteiger partial charge in [0.25, 0.3) is 5.91 Å². The SMILES string of the molecule is O=C(COc1ccc(Cl)c(F)c1)NC[C@H](O)CCc1nnc(-c2ccc(Cl)c(F)c2)o1. The average Bonchev–Trinajstić information content (AvgIpc) is 3.22. The highest BCUT2D eigenvalue weighted by atomic mass is 35.5. The normalized spacial score (nSPS) is 11.9. The first-order valence-corrected chi connectivity index (χ1v) is 9.88. The van der Waals surface area contributed by atoms with E-state index in [9.17, 15) is 18.7 Å². The van der Waals surface area contributed by atoms with E-state index in [0.717, 1.165) is 6.07 Å². The molecule has 0 aliphatic heterocycles. The molecule has 3 rings (SSSR count). The van der Waals surface area contributed by atoms with Crippen molar-refractivity contribution in [3.05, 3.63) is 64.0 Å². The van der Waals surface area contributed by atoms with Crippen LogP contribution in [0.2, 0.25) is 10.0 Å². The van der Waals surface area contributed by atoms with E-state index >= 15 is 0 Å². The minimum Gasteiger partial charge on any atom is -0.484 e. The number of hydrogen-bond donors (Lipinski definition) is 2. The van der Waals surface area contributed by atoms with Crippen molar-refractivity contribution >= 4 is 29.1 Å². The van der Waals surface area contributed by atoms with E-state index in [0.29, 0.717) is 5.56 Å². The van der Waals surface area contributed by atoms with Gasteiger partial charge in [-0.05, 0) is 36.8 Å². The molecule has 0 aliphatic carbocycles. The fourth-order valence-corrected chi connectivity index (χ4v) is 2.73. The summed E-state index contributed by atoms with van der Waals surface area (Å²) in [5.41, 5.74) is 0.383. The van der Waals surface area contributed by atoms with Crippen LogP contribution in [0.15, 0.2) is 40.8 Å². The molecule has 0 saturated heterocycles. The molecule has 7 nitrogen and oxygen atoms in total. The molecule has 11 heteroatoms. The lowest BCUT2D eigenvalue weighted by atomic mass is 10.2. The van der Waals surface area contributed by atoms with Gasteiger partial charge in [0, 0.05) is 24.6 Å². The van der Waals surface area contributed by atoms with Crippen molar-refractivity contribution in [3.8, 4) is 17.2 Å². The van der Waals surface area contributed by atoms with Gasteiger partial charge in [-0.15, -0.1) is 10.2 Å².